The minimum absolute atomic E-state index is 0.194. The van der Waals surface area contributed by atoms with E-state index in [0.29, 0.717) is 12.8 Å². The SMILES string of the molecule is OC[C@H]1CC[C@H]([C@H]2CC[C@H](CO)C(F)(F)C2)CC1(F)F. The molecule has 0 spiro atoms. The van der Waals surface area contributed by atoms with Crippen molar-refractivity contribution in [3.05, 3.63) is 0 Å². The molecule has 0 bridgehead atoms. The van der Waals surface area contributed by atoms with Gasteiger partial charge in [-0.1, -0.05) is 0 Å². The van der Waals surface area contributed by atoms with Crippen molar-refractivity contribution in [1.29, 1.82) is 0 Å². The summed E-state index contributed by atoms with van der Waals surface area (Å²) in [5.41, 5.74) is 0. The van der Waals surface area contributed by atoms with E-state index in [1.54, 1.807) is 0 Å². The highest BCUT2D eigenvalue weighted by molar-refractivity contribution is 4.93. The maximum Gasteiger partial charge on any atom is 0.253 e. The Balaban J connectivity index is 2.00. The van der Waals surface area contributed by atoms with E-state index in [-0.39, 0.29) is 12.8 Å². The molecule has 2 aliphatic rings. The second kappa shape index (κ2) is 5.79. The van der Waals surface area contributed by atoms with Crippen molar-refractivity contribution in [2.45, 2.75) is 50.4 Å². The summed E-state index contributed by atoms with van der Waals surface area (Å²) in [6.07, 6.45) is 0.543. The third-order valence-corrected chi connectivity index (χ3v) is 5.14. The predicted octanol–water partition coefficient (Wildman–Crippen LogP) is 3.07. The molecule has 2 aliphatic carbocycles. The topological polar surface area (TPSA) is 40.5 Å². The average molecular weight is 298 g/mol. The first kappa shape index (κ1) is 16.0. The van der Waals surface area contributed by atoms with Gasteiger partial charge in [-0.25, -0.2) is 17.6 Å². The summed E-state index contributed by atoms with van der Waals surface area (Å²) >= 11 is 0. The van der Waals surface area contributed by atoms with Gasteiger partial charge >= 0.3 is 0 Å². The van der Waals surface area contributed by atoms with Gasteiger partial charge in [0.2, 0.25) is 0 Å². The van der Waals surface area contributed by atoms with Gasteiger partial charge in [0.25, 0.3) is 11.8 Å². The summed E-state index contributed by atoms with van der Waals surface area (Å²) in [6.45, 7) is -1.10. The second-order valence-corrected chi connectivity index (χ2v) is 6.36. The van der Waals surface area contributed by atoms with E-state index in [1.165, 1.54) is 0 Å². The maximum absolute atomic E-state index is 13.8. The van der Waals surface area contributed by atoms with Gasteiger partial charge in [-0.05, 0) is 37.5 Å². The molecule has 2 fully saturated rings. The van der Waals surface area contributed by atoms with Gasteiger partial charge in [-0.15, -0.1) is 0 Å². The average Bonchev–Trinajstić information content (AvgIpc) is 2.36. The molecule has 0 heterocycles. The van der Waals surface area contributed by atoms with E-state index in [0.717, 1.165) is 0 Å². The molecule has 0 unspecified atom stereocenters. The van der Waals surface area contributed by atoms with Crippen molar-refractivity contribution in [3.8, 4) is 0 Å². The van der Waals surface area contributed by atoms with E-state index in [9.17, 15) is 17.6 Å². The highest BCUT2D eigenvalue weighted by atomic mass is 19.3. The Kier molecular flexibility index (Phi) is 4.64. The Hall–Kier alpha value is -0.360. The van der Waals surface area contributed by atoms with Crippen LogP contribution in [-0.2, 0) is 0 Å². The van der Waals surface area contributed by atoms with Gasteiger partial charge in [-0.3, -0.25) is 0 Å². The highest BCUT2D eigenvalue weighted by Gasteiger charge is 2.51. The van der Waals surface area contributed by atoms with Gasteiger partial charge in [0, 0.05) is 24.7 Å². The molecule has 0 amide bonds. The number of alkyl halides is 4. The number of rotatable bonds is 3. The molecular weight excluding hydrogens is 276 g/mol. The minimum atomic E-state index is -2.96. The van der Waals surface area contributed by atoms with Crippen molar-refractivity contribution in [2.75, 3.05) is 13.2 Å². The lowest BCUT2D eigenvalue weighted by molar-refractivity contribution is -0.152. The van der Waals surface area contributed by atoms with E-state index in [4.69, 9.17) is 10.2 Å². The minimum Gasteiger partial charge on any atom is -0.396 e. The third-order valence-electron chi connectivity index (χ3n) is 5.14. The Morgan fingerprint density at radius 2 is 1.05 bits per heavy atom. The number of hydrogen-bond acceptors (Lipinski definition) is 2. The Morgan fingerprint density at radius 3 is 1.30 bits per heavy atom. The van der Waals surface area contributed by atoms with Crippen LogP contribution in [0, 0.1) is 23.7 Å². The van der Waals surface area contributed by atoms with Crippen LogP contribution in [0.15, 0.2) is 0 Å². The summed E-state index contributed by atoms with van der Waals surface area (Å²) in [4.78, 5) is 0. The zero-order chi connectivity index (χ0) is 15.0. The molecule has 2 N–H and O–H groups in total. The third kappa shape index (κ3) is 3.11. The van der Waals surface area contributed by atoms with Crippen LogP contribution in [-0.4, -0.2) is 35.3 Å². The molecular formula is C14H22F4O2. The molecule has 4 atom stereocenters. The lowest BCUT2D eigenvalue weighted by atomic mass is 9.67. The first-order chi connectivity index (χ1) is 9.30. The molecule has 0 aliphatic heterocycles. The Labute approximate surface area is 116 Å². The van der Waals surface area contributed by atoms with Crippen LogP contribution < -0.4 is 0 Å². The van der Waals surface area contributed by atoms with Gasteiger partial charge < -0.3 is 10.2 Å². The molecule has 2 nitrogen and oxygen atoms in total. The Morgan fingerprint density at radius 1 is 0.700 bits per heavy atom. The normalized spacial score (nSPS) is 40.5. The van der Waals surface area contributed by atoms with Crippen LogP contribution in [0.25, 0.3) is 0 Å². The number of hydrogen-bond donors (Lipinski definition) is 2. The molecule has 20 heavy (non-hydrogen) atoms. The summed E-state index contributed by atoms with van der Waals surface area (Å²) in [6, 6.07) is 0. The molecule has 0 aromatic rings. The first-order valence-corrected chi connectivity index (χ1v) is 7.27. The van der Waals surface area contributed by atoms with Crippen LogP contribution in [0.5, 0.6) is 0 Å². The van der Waals surface area contributed by atoms with E-state index < -0.39 is 61.6 Å². The summed E-state index contributed by atoms with van der Waals surface area (Å²) in [5, 5.41) is 17.9. The molecule has 0 saturated heterocycles. The van der Waals surface area contributed by atoms with Crippen LogP contribution in [0.2, 0.25) is 0 Å². The van der Waals surface area contributed by atoms with Gasteiger partial charge in [0.05, 0.1) is 13.2 Å². The van der Waals surface area contributed by atoms with Crippen LogP contribution in [0.4, 0.5) is 17.6 Å². The van der Waals surface area contributed by atoms with E-state index >= 15 is 0 Å². The monoisotopic (exact) mass is 298 g/mol. The van der Waals surface area contributed by atoms with Gasteiger partial charge in [0.15, 0.2) is 0 Å². The largest absolute Gasteiger partial charge is 0.396 e. The highest BCUT2D eigenvalue weighted by Crippen LogP contribution is 2.50. The van der Waals surface area contributed by atoms with Crippen molar-refractivity contribution in [3.63, 3.8) is 0 Å². The Bertz CT molecular complexity index is 303. The van der Waals surface area contributed by atoms with Crippen LogP contribution >= 0.6 is 0 Å². The first-order valence-electron chi connectivity index (χ1n) is 7.27. The second-order valence-electron chi connectivity index (χ2n) is 6.36. The summed E-state index contributed by atoms with van der Waals surface area (Å²) in [7, 11) is 0. The lowest BCUT2D eigenvalue weighted by Crippen LogP contribution is -2.44. The van der Waals surface area contributed by atoms with Gasteiger partial charge in [-0.2, -0.15) is 0 Å². The molecule has 118 valence electrons. The quantitative estimate of drug-likeness (QED) is 0.786. The summed E-state index contributed by atoms with van der Waals surface area (Å²) in [5.74, 6) is -8.79. The maximum atomic E-state index is 13.8. The fourth-order valence-electron chi connectivity index (χ4n) is 3.74. The van der Waals surface area contributed by atoms with E-state index in [2.05, 4.69) is 0 Å². The van der Waals surface area contributed by atoms with Gasteiger partial charge in [0.1, 0.15) is 0 Å². The van der Waals surface area contributed by atoms with E-state index in [1.807, 2.05) is 0 Å². The number of aliphatic hydroxyl groups excluding tert-OH is 2. The zero-order valence-electron chi connectivity index (χ0n) is 11.4. The molecule has 2 saturated carbocycles. The smallest absolute Gasteiger partial charge is 0.253 e. The zero-order valence-corrected chi connectivity index (χ0v) is 11.4. The molecule has 0 aromatic heterocycles. The predicted molar refractivity (Wildman–Crippen MR) is 65.7 cm³/mol. The molecule has 2 rings (SSSR count). The lowest BCUT2D eigenvalue weighted by Gasteiger charge is -2.43. The fraction of sp³-hybridized carbons (Fsp3) is 1.00. The number of aliphatic hydroxyl groups is 2. The van der Waals surface area contributed by atoms with Crippen molar-refractivity contribution in [2.24, 2.45) is 23.7 Å². The molecule has 0 radical (unpaired) electrons. The van der Waals surface area contributed by atoms with Crippen molar-refractivity contribution < 1.29 is 27.8 Å². The summed E-state index contributed by atoms with van der Waals surface area (Å²) < 4.78 is 55.3. The molecule has 6 heteroatoms. The van der Waals surface area contributed by atoms with Crippen LogP contribution in [0.1, 0.15) is 38.5 Å². The fourth-order valence-corrected chi connectivity index (χ4v) is 3.74. The van der Waals surface area contributed by atoms with Crippen molar-refractivity contribution >= 4 is 0 Å². The van der Waals surface area contributed by atoms with Crippen molar-refractivity contribution in [1.82, 2.24) is 0 Å². The molecule has 0 aromatic carbocycles. The standard InChI is InChI=1S/C14H22F4O2/c15-13(16)5-9(1-3-11(13)7-19)10-2-4-12(8-20)14(17,18)6-10/h9-12,19-20H,1-8H2/t9-,10-,11+,12+/m0/s1. The number of halogens is 4. The van der Waals surface area contributed by atoms with Crippen LogP contribution in [0.3, 0.4) is 0 Å².